The maximum absolute atomic E-state index is 12.0. The van der Waals surface area contributed by atoms with Crippen molar-refractivity contribution >= 4 is 34.7 Å². The molecule has 1 amide bonds. The van der Waals surface area contributed by atoms with Gasteiger partial charge in [-0.25, -0.2) is 4.98 Å². The second kappa shape index (κ2) is 6.04. The van der Waals surface area contributed by atoms with Gasteiger partial charge >= 0.3 is 0 Å². The minimum atomic E-state index is -0.146. The molecule has 0 saturated heterocycles. The fourth-order valence-corrected chi connectivity index (χ4v) is 2.65. The molecule has 0 fully saturated rings. The standard InChI is InChI=1S/C13H14ClN3OS/c1-8(10-4-5-11(14)19-10)17-13(18)9-3-6-12(15-2)16-7-9/h3-8H,1-2H3,(H,15,16)(H,17,18). The summed E-state index contributed by atoms with van der Waals surface area (Å²) in [5.41, 5.74) is 0.536. The van der Waals surface area contributed by atoms with Crippen LogP contribution in [0.4, 0.5) is 5.82 Å². The first-order valence-corrected chi connectivity index (χ1v) is 6.99. The molecule has 0 bridgehead atoms. The van der Waals surface area contributed by atoms with E-state index in [1.54, 1.807) is 25.4 Å². The van der Waals surface area contributed by atoms with Crippen LogP contribution in [-0.2, 0) is 0 Å². The largest absolute Gasteiger partial charge is 0.373 e. The minimum absolute atomic E-state index is 0.0750. The van der Waals surface area contributed by atoms with Gasteiger partial charge in [-0.3, -0.25) is 4.79 Å². The highest BCUT2D eigenvalue weighted by atomic mass is 35.5. The molecule has 0 aromatic carbocycles. The quantitative estimate of drug-likeness (QED) is 0.910. The lowest BCUT2D eigenvalue weighted by molar-refractivity contribution is 0.0940. The van der Waals surface area contributed by atoms with E-state index in [0.717, 1.165) is 15.0 Å². The van der Waals surface area contributed by atoms with Crippen LogP contribution in [0.15, 0.2) is 30.5 Å². The molecule has 0 spiro atoms. The average Bonchev–Trinajstić information content (AvgIpc) is 2.85. The zero-order valence-electron chi connectivity index (χ0n) is 10.6. The lowest BCUT2D eigenvalue weighted by Crippen LogP contribution is -2.26. The Labute approximate surface area is 120 Å². The molecule has 6 heteroatoms. The molecule has 2 N–H and O–H groups in total. The zero-order valence-corrected chi connectivity index (χ0v) is 12.2. The monoisotopic (exact) mass is 295 g/mol. The van der Waals surface area contributed by atoms with Crippen LogP contribution < -0.4 is 10.6 Å². The summed E-state index contributed by atoms with van der Waals surface area (Å²) in [7, 11) is 1.78. The molecule has 1 atom stereocenters. The normalized spacial score (nSPS) is 11.9. The highest BCUT2D eigenvalue weighted by Crippen LogP contribution is 2.26. The number of carbonyl (C=O) groups excluding carboxylic acids is 1. The molecule has 100 valence electrons. The van der Waals surface area contributed by atoms with Gasteiger partial charge in [0.2, 0.25) is 0 Å². The van der Waals surface area contributed by atoms with Crippen LogP contribution in [0.25, 0.3) is 0 Å². The molecule has 2 aromatic rings. The van der Waals surface area contributed by atoms with Gasteiger partial charge in [-0.05, 0) is 31.2 Å². The van der Waals surface area contributed by atoms with Gasteiger partial charge in [0.15, 0.2) is 0 Å². The van der Waals surface area contributed by atoms with Crippen molar-refractivity contribution in [2.24, 2.45) is 0 Å². The molecule has 0 aliphatic carbocycles. The van der Waals surface area contributed by atoms with Crippen molar-refractivity contribution < 1.29 is 4.79 Å². The van der Waals surface area contributed by atoms with Gasteiger partial charge in [-0.15, -0.1) is 11.3 Å². The van der Waals surface area contributed by atoms with Crippen molar-refractivity contribution in [2.75, 3.05) is 12.4 Å². The number of hydrogen-bond donors (Lipinski definition) is 2. The van der Waals surface area contributed by atoms with Crippen LogP contribution in [-0.4, -0.2) is 17.9 Å². The van der Waals surface area contributed by atoms with Crippen molar-refractivity contribution in [1.82, 2.24) is 10.3 Å². The first-order chi connectivity index (χ1) is 9.10. The van der Waals surface area contributed by atoms with E-state index in [2.05, 4.69) is 15.6 Å². The summed E-state index contributed by atoms with van der Waals surface area (Å²) in [6, 6.07) is 7.17. The molecule has 19 heavy (non-hydrogen) atoms. The molecule has 0 aliphatic heterocycles. The summed E-state index contributed by atoms with van der Waals surface area (Å²) in [6.07, 6.45) is 1.55. The Morgan fingerprint density at radius 1 is 1.37 bits per heavy atom. The predicted octanol–water partition coefficient (Wildman–Crippen LogP) is 3.33. The fourth-order valence-electron chi connectivity index (χ4n) is 1.59. The lowest BCUT2D eigenvalue weighted by atomic mass is 10.2. The second-order valence-corrected chi connectivity index (χ2v) is 5.77. The van der Waals surface area contributed by atoms with E-state index < -0.39 is 0 Å². The van der Waals surface area contributed by atoms with Gasteiger partial charge < -0.3 is 10.6 Å². The number of nitrogens with one attached hydrogen (secondary N) is 2. The third kappa shape index (κ3) is 3.45. The second-order valence-electron chi connectivity index (χ2n) is 4.02. The first-order valence-electron chi connectivity index (χ1n) is 5.80. The molecule has 2 aromatic heterocycles. The number of hydrogen-bond acceptors (Lipinski definition) is 4. The Morgan fingerprint density at radius 2 is 2.16 bits per heavy atom. The van der Waals surface area contributed by atoms with Crippen LogP contribution in [0, 0.1) is 0 Å². The summed E-state index contributed by atoms with van der Waals surface area (Å²) < 4.78 is 0.719. The number of thiophene rings is 1. The molecule has 4 nitrogen and oxygen atoms in total. The average molecular weight is 296 g/mol. The van der Waals surface area contributed by atoms with E-state index in [4.69, 9.17) is 11.6 Å². The van der Waals surface area contributed by atoms with Gasteiger partial charge in [-0.2, -0.15) is 0 Å². The number of anilines is 1. The molecular formula is C13H14ClN3OS. The first kappa shape index (κ1) is 13.8. The molecule has 0 saturated carbocycles. The van der Waals surface area contributed by atoms with E-state index in [-0.39, 0.29) is 11.9 Å². The van der Waals surface area contributed by atoms with Gasteiger partial charge in [0.05, 0.1) is 15.9 Å². The van der Waals surface area contributed by atoms with Crippen molar-refractivity contribution in [3.05, 3.63) is 45.2 Å². The molecule has 2 rings (SSSR count). The maximum Gasteiger partial charge on any atom is 0.253 e. The fraction of sp³-hybridized carbons (Fsp3) is 0.231. The Kier molecular flexibility index (Phi) is 4.39. The number of nitrogens with zero attached hydrogens (tertiary/aromatic N) is 1. The Bertz CT molecular complexity index is 568. The highest BCUT2D eigenvalue weighted by molar-refractivity contribution is 7.16. The number of carbonyl (C=O) groups is 1. The molecule has 2 heterocycles. The summed E-state index contributed by atoms with van der Waals surface area (Å²) in [5.74, 6) is 0.585. The Morgan fingerprint density at radius 3 is 2.68 bits per heavy atom. The van der Waals surface area contributed by atoms with Crippen molar-refractivity contribution in [3.8, 4) is 0 Å². The van der Waals surface area contributed by atoms with E-state index in [9.17, 15) is 4.79 Å². The maximum atomic E-state index is 12.0. The minimum Gasteiger partial charge on any atom is -0.373 e. The topological polar surface area (TPSA) is 54.0 Å². The van der Waals surface area contributed by atoms with Gasteiger partial charge in [0.25, 0.3) is 5.91 Å². The Balaban J connectivity index is 2.03. The highest BCUT2D eigenvalue weighted by Gasteiger charge is 2.13. The summed E-state index contributed by atoms with van der Waals surface area (Å²) in [4.78, 5) is 17.2. The van der Waals surface area contributed by atoms with Crippen molar-refractivity contribution in [3.63, 3.8) is 0 Å². The van der Waals surface area contributed by atoms with Gasteiger partial charge in [0.1, 0.15) is 5.82 Å². The molecule has 1 unspecified atom stereocenters. The van der Waals surface area contributed by atoms with Gasteiger partial charge in [0, 0.05) is 18.1 Å². The number of rotatable bonds is 4. The van der Waals surface area contributed by atoms with E-state index >= 15 is 0 Å². The summed E-state index contributed by atoms with van der Waals surface area (Å²) in [6.45, 7) is 1.93. The van der Waals surface area contributed by atoms with Crippen molar-refractivity contribution in [2.45, 2.75) is 13.0 Å². The van der Waals surface area contributed by atoms with Crippen LogP contribution in [0.2, 0.25) is 4.34 Å². The van der Waals surface area contributed by atoms with Crippen LogP contribution in [0.5, 0.6) is 0 Å². The molecule has 0 aliphatic rings. The predicted molar refractivity (Wildman–Crippen MR) is 79.0 cm³/mol. The number of aromatic nitrogens is 1. The molecule has 0 radical (unpaired) electrons. The van der Waals surface area contributed by atoms with E-state index in [0.29, 0.717) is 5.56 Å². The van der Waals surface area contributed by atoms with Crippen LogP contribution in [0.1, 0.15) is 28.2 Å². The SMILES string of the molecule is CNc1ccc(C(=O)NC(C)c2ccc(Cl)s2)cn1. The summed E-state index contributed by atoms with van der Waals surface area (Å²) in [5, 5.41) is 5.82. The Hall–Kier alpha value is -1.59. The third-order valence-electron chi connectivity index (χ3n) is 2.65. The zero-order chi connectivity index (χ0) is 13.8. The summed E-state index contributed by atoms with van der Waals surface area (Å²) >= 11 is 7.34. The van der Waals surface area contributed by atoms with E-state index in [1.807, 2.05) is 19.1 Å². The lowest BCUT2D eigenvalue weighted by Gasteiger charge is -2.12. The van der Waals surface area contributed by atoms with Crippen LogP contribution >= 0.6 is 22.9 Å². The smallest absolute Gasteiger partial charge is 0.253 e. The van der Waals surface area contributed by atoms with Gasteiger partial charge in [-0.1, -0.05) is 11.6 Å². The third-order valence-corrected chi connectivity index (χ3v) is 4.06. The number of halogens is 1. The van der Waals surface area contributed by atoms with Crippen LogP contribution in [0.3, 0.4) is 0 Å². The van der Waals surface area contributed by atoms with Crippen molar-refractivity contribution in [1.29, 1.82) is 0 Å². The molecular weight excluding hydrogens is 282 g/mol. The number of pyridine rings is 1. The number of amides is 1. The van der Waals surface area contributed by atoms with E-state index in [1.165, 1.54) is 11.3 Å².